The van der Waals surface area contributed by atoms with Crippen molar-refractivity contribution in [2.24, 2.45) is 16.8 Å². The van der Waals surface area contributed by atoms with Crippen LogP contribution in [0.15, 0.2) is 60.6 Å². The number of nitrogens with zero attached hydrogens (tertiary/aromatic N) is 3. The Morgan fingerprint density at radius 3 is 1.60 bits per heavy atom. The van der Waals surface area contributed by atoms with E-state index in [0.717, 1.165) is 5.56 Å². The Hall–Kier alpha value is -5.07. The summed E-state index contributed by atoms with van der Waals surface area (Å²) in [6.07, 6.45) is 3.05. The number of benzene rings is 1. The van der Waals surface area contributed by atoms with Gasteiger partial charge in [-0.25, -0.2) is 0 Å². The van der Waals surface area contributed by atoms with Gasteiger partial charge >= 0.3 is 0 Å². The molecule has 18 heteroatoms. The maximum Gasteiger partial charge on any atom is 0.246 e. The molecule has 68 heavy (non-hydrogen) atoms. The zero-order valence-corrected chi connectivity index (χ0v) is 42.3. The number of thioether (sulfide) groups is 1. The third kappa shape index (κ3) is 13.4. The molecule has 4 aliphatic heterocycles. The van der Waals surface area contributed by atoms with Gasteiger partial charge in [0.05, 0.1) is 34.5 Å². The number of rotatable bonds is 12. The van der Waals surface area contributed by atoms with E-state index in [1.807, 2.05) is 44.2 Å². The predicted octanol–water partition coefficient (Wildman–Crippen LogP) is 3.21. The van der Waals surface area contributed by atoms with E-state index in [9.17, 15) is 33.6 Å². The summed E-state index contributed by atoms with van der Waals surface area (Å²) in [7, 11) is 0. The van der Waals surface area contributed by atoms with Crippen molar-refractivity contribution in [1.82, 2.24) is 36.4 Å². The summed E-state index contributed by atoms with van der Waals surface area (Å²) in [5, 5.41) is 15.2. The number of fused-ring (bicyclic) bond motifs is 3. The van der Waals surface area contributed by atoms with E-state index in [1.54, 1.807) is 67.5 Å². The highest BCUT2D eigenvalue weighted by molar-refractivity contribution is 8.14. The molecule has 5 N–H and O–H groups in total. The van der Waals surface area contributed by atoms with Crippen LogP contribution in [0.1, 0.15) is 100 Å². The quantitative estimate of drug-likeness (QED) is 0.193. The van der Waals surface area contributed by atoms with Gasteiger partial charge in [0.2, 0.25) is 41.4 Å². The molecule has 10 atom stereocenters. The molecule has 0 unspecified atom stereocenters. The van der Waals surface area contributed by atoms with Gasteiger partial charge in [0, 0.05) is 25.3 Å². The van der Waals surface area contributed by atoms with Crippen LogP contribution in [0.4, 0.5) is 0 Å². The summed E-state index contributed by atoms with van der Waals surface area (Å²) in [5.74, 6) is -4.32. The first-order valence-electron chi connectivity index (χ1n) is 24.0. The van der Waals surface area contributed by atoms with Gasteiger partial charge in [-0.2, -0.15) is 0 Å². The molecule has 4 heterocycles. The van der Waals surface area contributed by atoms with Gasteiger partial charge in [-0.3, -0.25) is 38.6 Å². The molecule has 1 aromatic rings. The molecular formula is C50H74N8O9S. The molecule has 17 nitrogen and oxygen atoms in total. The normalized spacial score (nSPS) is 28.4. The van der Waals surface area contributed by atoms with Gasteiger partial charge < -0.3 is 45.9 Å². The molecule has 374 valence electrons. The van der Waals surface area contributed by atoms with Crippen LogP contribution in [0.5, 0.6) is 0 Å². The van der Waals surface area contributed by atoms with Crippen LogP contribution < -0.4 is 26.6 Å². The fourth-order valence-corrected chi connectivity index (χ4v) is 10.3. The average molecular weight is 963 g/mol. The predicted molar refractivity (Wildman–Crippen MR) is 262 cm³/mol. The van der Waals surface area contributed by atoms with E-state index >= 15 is 0 Å². The molecule has 2 fully saturated rings. The third-order valence-corrected chi connectivity index (χ3v) is 14.2. The van der Waals surface area contributed by atoms with Crippen LogP contribution in [0.3, 0.4) is 0 Å². The fourth-order valence-electron chi connectivity index (χ4n) is 8.99. The third-order valence-electron chi connectivity index (χ3n) is 13.1. The standard InChI is InChI=1S/C50H74N8O9S/c1-13-49(9,10)66-30(7)39-44(62)51-33(26-32-20-16-15-17-21-32)47(64)57-24-18-22-35(57)42(60)54-38(29(5)6)48(65)58-25-19-23-36(58)43(61)56-40(31(8)67-50(11,12)14-2)45(63)53-37(28(3)4)46-52-34(27-68-46)41(59)55-39/h13-17,20-21,28-31,33-40H,1-2,18-19,22-27H2,3-12H3,(H,51,62)(H,53,63)(H,54,60)(H,55,59)(H,56,61)/t30-,31-,33+,34+,35+,36+,37+,38+,39+,40+/m1/s1. The first-order valence-corrected chi connectivity index (χ1v) is 25.0. The maximum atomic E-state index is 14.8. The van der Waals surface area contributed by atoms with Crippen molar-refractivity contribution in [3.63, 3.8) is 0 Å². The lowest BCUT2D eigenvalue weighted by molar-refractivity contribution is -0.146. The Bertz CT molecular complexity index is 2080. The summed E-state index contributed by atoms with van der Waals surface area (Å²) in [6, 6.07) is 0.782. The Morgan fingerprint density at radius 1 is 0.647 bits per heavy atom. The fraction of sp³-hybridized carbons (Fsp3) is 0.640. The van der Waals surface area contributed by atoms with Gasteiger partial charge in [-0.1, -0.05) is 70.2 Å². The Kier molecular flexibility index (Phi) is 18.2. The number of amides is 7. The van der Waals surface area contributed by atoms with Gasteiger partial charge in [0.15, 0.2) is 0 Å². The van der Waals surface area contributed by atoms with E-state index in [4.69, 9.17) is 14.5 Å². The molecule has 5 rings (SSSR count). The summed E-state index contributed by atoms with van der Waals surface area (Å²) in [6.45, 7) is 26.0. The van der Waals surface area contributed by atoms with E-state index in [2.05, 4.69) is 39.7 Å². The summed E-state index contributed by atoms with van der Waals surface area (Å²) < 4.78 is 12.6. The van der Waals surface area contributed by atoms with Crippen molar-refractivity contribution in [3.05, 3.63) is 61.2 Å². The second-order valence-electron chi connectivity index (χ2n) is 20.1. The zero-order valence-electron chi connectivity index (χ0n) is 41.5. The molecule has 4 aliphatic rings. The molecule has 2 bridgehead atoms. The number of ether oxygens (including phenoxy) is 2. The minimum atomic E-state index is -1.32. The molecule has 0 spiro atoms. The average Bonchev–Trinajstić information content (AvgIpc) is 4.09. The maximum absolute atomic E-state index is 14.8. The first kappa shape index (κ1) is 53.9. The van der Waals surface area contributed by atoms with Gasteiger partial charge in [0.25, 0.3) is 0 Å². The van der Waals surface area contributed by atoms with Crippen molar-refractivity contribution < 1.29 is 43.0 Å². The molecule has 0 radical (unpaired) electrons. The van der Waals surface area contributed by atoms with Crippen LogP contribution in [0, 0.1) is 11.8 Å². The van der Waals surface area contributed by atoms with E-state index < -0.39 is 119 Å². The minimum Gasteiger partial charge on any atom is -0.366 e. The molecular weight excluding hydrogens is 889 g/mol. The van der Waals surface area contributed by atoms with Crippen LogP contribution in [0.25, 0.3) is 0 Å². The van der Waals surface area contributed by atoms with E-state index in [-0.39, 0.29) is 31.2 Å². The van der Waals surface area contributed by atoms with Crippen LogP contribution in [-0.2, 0) is 49.5 Å². The SMILES string of the molecule is C=CC(C)(C)O[C@H](C)[C@@H]1NC(=O)[C@@H]2CSC(=N2)[C@H](C(C)C)NC(=O)[C@H]([C@@H](C)OC(C)(C)C=C)NC(=O)[C@@H]2CCCN2C(=O)[C@H](C(C)C)NC(=O)[C@@H]2CCCN2C(=O)[C@H](Cc2ccccc2)NC1=O. The highest BCUT2D eigenvalue weighted by Crippen LogP contribution is 2.27. The molecule has 0 aliphatic carbocycles. The van der Waals surface area contributed by atoms with Crippen molar-refractivity contribution in [1.29, 1.82) is 0 Å². The summed E-state index contributed by atoms with van der Waals surface area (Å²) >= 11 is 1.30. The van der Waals surface area contributed by atoms with E-state index in [1.165, 1.54) is 21.6 Å². The monoisotopic (exact) mass is 963 g/mol. The smallest absolute Gasteiger partial charge is 0.246 e. The highest BCUT2D eigenvalue weighted by atomic mass is 32.2. The summed E-state index contributed by atoms with van der Waals surface area (Å²) in [4.78, 5) is 109. The molecule has 2 saturated heterocycles. The van der Waals surface area contributed by atoms with Crippen molar-refractivity contribution in [2.45, 2.75) is 173 Å². The first-order chi connectivity index (χ1) is 32.0. The van der Waals surface area contributed by atoms with Crippen LogP contribution >= 0.6 is 11.8 Å². The van der Waals surface area contributed by atoms with Gasteiger partial charge in [-0.05, 0) is 84.6 Å². The highest BCUT2D eigenvalue weighted by Gasteiger charge is 2.45. The lowest BCUT2D eigenvalue weighted by atomic mass is 10.0. The molecule has 7 amide bonds. The Balaban J connectivity index is 1.60. The van der Waals surface area contributed by atoms with Crippen molar-refractivity contribution >= 4 is 58.2 Å². The molecule has 0 saturated carbocycles. The number of hydrogen-bond donors (Lipinski definition) is 5. The topological polar surface area (TPSA) is 217 Å². The number of nitrogens with one attached hydrogen (secondary N) is 5. The largest absolute Gasteiger partial charge is 0.366 e. The number of carbonyl (C=O) groups is 7. The Morgan fingerprint density at radius 2 is 1.10 bits per heavy atom. The van der Waals surface area contributed by atoms with E-state index in [0.29, 0.717) is 30.7 Å². The van der Waals surface area contributed by atoms with Crippen LogP contribution in [-0.4, -0.2) is 147 Å². The second kappa shape index (κ2) is 23.0. The number of aliphatic imine (C=N–C) groups is 1. The second-order valence-corrected chi connectivity index (χ2v) is 21.2. The van der Waals surface area contributed by atoms with Gasteiger partial charge in [-0.15, -0.1) is 24.9 Å². The molecule has 1 aromatic carbocycles. The Labute approximate surface area is 406 Å². The number of hydrogen-bond acceptors (Lipinski definition) is 11. The minimum absolute atomic E-state index is 0.0723. The van der Waals surface area contributed by atoms with Gasteiger partial charge in [0.1, 0.15) is 42.3 Å². The summed E-state index contributed by atoms with van der Waals surface area (Å²) in [5.41, 5.74) is -1.05. The zero-order chi connectivity index (χ0) is 50.2. The van der Waals surface area contributed by atoms with Crippen LogP contribution in [0.2, 0.25) is 0 Å². The van der Waals surface area contributed by atoms with Crippen molar-refractivity contribution in [3.8, 4) is 0 Å². The van der Waals surface area contributed by atoms with Crippen molar-refractivity contribution in [2.75, 3.05) is 18.8 Å². The number of carbonyl (C=O) groups excluding carboxylic acids is 7. The lowest BCUT2D eigenvalue weighted by Crippen LogP contribution is -2.62. The molecule has 0 aromatic heterocycles. The lowest BCUT2D eigenvalue weighted by Gasteiger charge is -2.35.